The Hall–Kier alpha value is -0.550. The summed E-state index contributed by atoms with van der Waals surface area (Å²) in [5, 5.41) is 0. The van der Waals surface area contributed by atoms with E-state index in [2.05, 4.69) is 11.1 Å². The molecule has 14 heavy (non-hydrogen) atoms. The van der Waals surface area contributed by atoms with Crippen molar-refractivity contribution < 1.29 is 17.2 Å². The molecular formula is C9H18O4S. The van der Waals surface area contributed by atoms with Crippen molar-refractivity contribution in [1.29, 1.82) is 0 Å². The van der Waals surface area contributed by atoms with Gasteiger partial charge in [-0.1, -0.05) is 32.6 Å². The number of rotatable bonds is 8. The topological polar surface area (TPSA) is 63.6 Å². The van der Waals surface area contributed by atoms with Gasteiger partial charge in [-0.05, 0) is 18.9 Å². The minimum atomic E-state index is -4.31. The van der Waals surface area contributed by atoms with Crippen LogP contribution in [0.25, 0.3) is 0 Å². The van der Waals surface area contributed by atoms with Gasteiger partial charge < -0.3 is 4.18 Å². The summed E-state index contributed by atoms with van der Waals surface area (Å²) in [5.74, 6) is 0. The maximum absolute atomic E-state index is 10.1. The van der Waals surface area contributed by atoms with Crippen molar-refractivity contribution in [2.75, 3.05) is 0 Å². The molecule has 0 amide bonds. The normalized spacial score (nSPS) is 12.1. The van der Waals surface area contributed by atoms with E-state index in [1.807, 2.05) is 0 Å². The smallest absolute Gasteiger partial charge is 0.370 e. The van der Waals surface area contributed by atoms with Crippen LogP contribution in [0.5, 0.6) is 0 Å². The first-order chi connectivity index (χ1) is 6.56. The lowest BCUT2D eigenvalue weighted by molar-refractivity contribution is 0.355. The van der Waals surface area contributed by atoms with Crippen LogP contribution in [0.15, 0.2) is 12.3 Å². The van der Waals surface area contributed by atoms with Gasteiger partial charge in [0, 0.05) is 0 Å². The standard InChI is InChI=1S/C9H18O4S/c1-2-3-4-5-6-7-8-9-13-14(10,11)12/h8-9H,2-7H2,1H3,(H,10,11,12). The summed E-state index contributed by atoms with van der Waals surface area (Å²) in [4.78, 5) is 0. The predicted molar refractivity (Wildman–Crippen MR) is 55.1 cm³/mol. The molecule has 0 unspecified atom stereocenters. The van der Waals surface area contributed by atoms with Gasteiger partial charge in [-0.2, -0.15) is 8.42 Å². The average molecular weight is 222 g/mol. The van der Waals surface area contributed by atoms with Crippen LogP contribution in [0.3, 0.4) is 0 Å². The zero-order valence-electron chi connectivity index (χ0n) is 8.48. The van der Waals surface area contributed by atoms with E-state index in [0.29, 0.717) is 0 Å². The molecule has 0 heterocycles. The van der Waals surface area contributed by atoms with Crippen LogP contribution in [0.4, 0.5) is 0 Å². The zero-order valence-corrected chi connectivity index (χ0v) is 9.29. The summed E-state index contributed by atoms with van der Waals surface area (Å²) in [6.07, 6.45) is 9.21. The summed E-state index contributed by atoms with van der Waals surface area (Å²) >= 11 is 0. The Morgan fingerprint density at radius 3 is 2.43 bits per heavy atom. The van der Waals surface area contributed by atoms with E-state index in [1.54, 1.807) is 6.08 Å². The molecule has 0 aromatic carbocycles. The highest BCUT2D eigenvalue weighted by atomic mass is 32.3. The van der Waals surface area contributed by atoms with Gasteiger partial charge >= 0.3 is 10.4 Å². The van der Waals surface area contributed by atoms with Crippen molar-refractivity contribution in [3.05, 3.63) is 12.3 Å². The molecule has 0 spiro atoms. The third kappa shape index (κ3) is 11.4. The molecule has 0 fully saturated rings. The lowest BCUT2D eigenvalue weighted by Crippen LogP contribution is -1.96. The Morgan fingerprint density at radius 1 is 1.21 bits per heavy atom. The molecule has 0 aliphatic heterocycles. The Labute approximate surface area is 85.9 Å². The molecule has 5 heteroatoms. The third-order valence-corrected chi connectivity index (χ3v) is 2.10. The van der Waals surface area contributed by atoms with Crippen molar-refractivity contribution in [3.63, 3.8) is 0 Å². The van der Waals surface area contributed by atoms with Crippen LogP contribution in [0.1, 0.15) is 45.4 Å². The molecule has 0 aromatic heterocycles. The number of unbranched alkanes of at least 4 members (excludes halogenated alkanes) is 5. The highest BCUT2D eigenvalue weighted by Crippen LogP contribution is 2.05. The Bertz CT molecular complexity index is 244. The van der Waals surface area contributed by atoms with Crippen LogP contribution >= 0.6 is 0 Å². The summed E-state index contributed by atoms with van der Waals surface area (Å²) in [6.45, 7) is 2.15. The van der Waals surface area contributed by atoms with E-state index in [1.165, 1.54) is 19.3 Å². The minimum absolute atomic E-state index is 0.777. The molecular weight excluding hydrogens is 204 g/mol. The molecule has 0 atom stereocenters. The molecule has 0 radical (unpaired) electrons. The lowest BCUT2D eigenvalue weighted by atomic mass is 10.1. The van der Waals surface area contributed by atoms with Gasteiger partial charge in [0.2, 0.25) is 0 Å². The highest BCUT2D eigenvalue weighted by Gasteiger charge is 1.98. The van der Waals surface area contributed by atoms with Crippen molar-refractivity contribution >= 4 is 10.4 Å². The van der Waals surface area contributed by atoms with Crippen molar-refractivity contribution in [2.45, 2.75) is 45.4 Å². The van der Waals surface area contributed by atoms with Crippen LogP contribution < -0.4 is 0 Å². The molecule has 0 aliphatic rings. The summed E-state index contributed by atoms with van der Waals surface area (Å²) in [6, 6.07) is 0. The zero-order chi connectivity index (χ0) is 10.9. The Morgan fingerprint density at radius 2 is 1.86 bits per heavy atom. The molecule has 4 nitrogen and oxygen atoms in total. The van der Waals surface area contributed by atoms with E-state index in [0.717, 1.165) is 25.5 Å². The summed E-state index contributed by atoms with van der Waals surface area (Å²) in [5.41, 5.74) is 0. The van der Waals surface area contributed by atoms with Crippen LogP contribution in [0, 0.1) is 0 Å². The third-order valence-electron chi connectivity index (χ3n) is 1.75. The second-order valence-corrected chi connectivity index (χ2v) is 4.15. The van der Waals surface area contributed by atoms with Gasteiger partial charge in [-0.3, -0.25) is 4.55 Å². The van der Waals surface area contributed by atoms with Gasteiger partial charge in [0.1, 0.15) is 6.26 Å². The molecule has 0 saturated carbocycles. The predicted octanol–water partition coefficient (Wildman–Crippen LogP) is 2.68. The molecule has 84 valence electrons. The highest BCUT2D eigenvalue weighted by molar-refractivity contribution is 7.81. The quantitative estimate of drug-likeness (QED) is 0.389. The molecule has 0 saturated heterocycles. The van der Waals surface area contributed by atoms with E-state index in [-0.39, 0.29) is 0 Å². The van der Waals surface area contributed by atoms with Gasteiger partial charge in [0.15, 0.2) is 0 Å². The van der Waals surface area contributed by atoms with E-state index < -0.39 is 10.4 Å². The number of allylic oxidation sites excluding steroid dienone is 1. The maximum atomic E-state index is 10.1. The number of hydrogen-bond donors (Lipinski definition) is 1. The Kier molecular flexibility index (Phi) is 7.51. The largest absolute Gasteiger partial charge is 0.445 e. The number of hydrogen-bond acceptors (Lipinski definition) is 3. The van der Waals surface area contributed by atoms with E-state index >= 15 is 0 Å². The van der Waals surface area contributed by atoms with Crippen molar-refractivity contribution in [3.8, 4) is 0 Å². The monoisotopic (exact) mass is 222 g/mol. The van der Waals surface area contributed by atoms with Crippen LogP contribution in [-0.2, 0) is 14.6 Å². The fourth-order valence-electron chi connectivity index (χ4n) is 1.04. The van der Waals surface area contributed by atoms with Crippen LogP contribution in [-0.4, -0.2) is 13.0 Å². The lowest BCUT2D eigenvalue weighted by Gasteiger charge is -1.96. The fourth-order valence-corrected chi connectivity index (χ4v) is 1.26. The van der Waals surface area contributed by atoms with Crippen molar-refractivity contribution in [2.24, 2.45) is 0 Å². The molecule has 1 N–H and O–H groups in total. The molecule has 0 aromatic rings. The van der Waals surface area contributed by atoms with Crippen LogP contribution in [0.2, 0.25) is 0 Å². The first-order valence-electron chi connectivity index (χ1n) is 4.87. The molecule has 0 aliphatic carbocycles. The van der Waals surface area contributed by atoms with E-state index in [9.17, 15) is 8.42 Å². The first kappa shape index (κ1) is 13.4. The average Bonchev–Trinajstić information content (AvgIpc) is 2.08. The van der Waals surface area contributed by atoms with E-state index in [4.69, 9.17) is 4.55 Å². The second kappa shape index (κ2) is 7.82. The fraction of sp³-hybridized carbons (Fsp3) is 0.778. The summed E-state index contributed by atoms with van der Waals surface area (Å²) < 4.78 is 32.4. The van der Waals surface area contributed by atoms with Gasteiger partial charge in [0.25, 0.3) is 0 Å². The van der Waals surface area contributed by atoms with Gasteiger partial charge in [-0.15, -0.1) is 0 Å². The molecule has 0 rings (SSSR count). The van der Waals surface area contributed by atoms with Gasteiger partial charge in [-0.25, -0.2) is 0 Å². The summed E-state index contributed by atoms with van der Waals surface area (Å²) in [7, 11) is -4.31. The minimum Gasteiger partial charge on any atom is -0.370 e. The maximum Gasteiger partial charge on any atom is 0.445 e. The molecule has 0 bridgehead atoms. The van der Waals surface area contributed by atoms with Crippen molar-refractivity contribution in [1.82, 2.24) is 0 Å². The second-order valence-electron chi connectivity index (χ2n) is 3.10. The SMILES string of the molecule is CCCCCCCC=COS(=O)(=O)O. The first-order valence-corrected chi connectivity index (χ1v) is 6.23. The Balaban J connectivity index is 3.28. The van der Waals surface area contributed by atoms with Gasteiger partial charge in [0.05, 0.1) is 0 Å².